The van der Waals surface area contributed by atoms with E-state index in [-0.39, 0.29) is 29.6 Å². The van der Waals surface area contributed by atoms with Crippen molar-refractivity contribution in [1.82, 2.24) is 5.43 Å². The number of carbonyl (C=O) groups excluding carboxylic acids is 1. The number of fused-ring (bicyclic) bond motifs is 5. The van der Waals surface area contributed by atoms with E-state index in [1.165, 1.54) is 6.21 Å². The number of nitrogens with one attached hydrogen (secondary N) is 2. The molecule has 162 valence electrons. The van der Waals surface area contributed by atoms with Crippen molar-refractivity contribution in [3.05, 3.63) is 0 Å². The van der Waals surface area contributed by atoms with Gasteiger partial charge in [-0.3, -0.25) is 4.79 Å². The van der Waals surface area contributed by atoms with Gasteiger partial charge < -0.3 is 15.9 Å². The summed E-state index contributed by atoms with van der Waals surface area (Å²) in [7, 11) is 0. The number of alkyl halides is 1. The first-order chi connectivity index (χ1) is 13.8. The summed E-state index contributed by atoms with van der Waals surface area (Å²) < 4.78 is 15.3. The fourth-order valence-corrected chi connectivity index (χ4v) is 7.87. The highest BCUT2D eigenvalue weighted by atomic mass is 19.1. The second kappa shape index (κ2) is 7.75. The first kappa shape index (κ1) is 21.0. The lowest BCUT2D eigenvalue weighted by Gasteiger charge is -2.57. The molecule has 0 aromatic carbocycles. The molecule has 0 spiro atoms. The monoisotopic (exact) mass is 405 g/mol. The maximum atomic E-state index is 15.3. The van der Waals surface area contributed by atoms with Gasteiger partial charge in [-0.2, -0.15) is 5.10 Å². The first-order valence-electron chi connectivity index (χ1n) is 11.4. The van der Waals surface area contributed by atoms with E-state index in [0.717, 1.165) is 44.7 Å². The van der Waals surface area contributed by atoms with E-state index in [2.05, 4.69) is 17.5 Å². The zero-order valence-corrected chi connectivity index (χ0v) is 17.7. The largest absolute Gasteiger partial charge is 0.390 e. The highest BCUT2D eigenvalue weighted by Crippen LogP contribution is 2.65. The van der Waals surface area contributed by atoms with E-state index in [9.17, 15) is 9.90 Å². The Morgan fingerprint density at radius 3 is 2.66 bits per heavy atom. The van der Waals surface area contributed by atoms with Gasteiger partial charge in [0.2, 0.25) is 0 Å². The molecule has 4 aliphatic carbocycles. The number of Topliss-reactive ketones (excluding diaryl/α,β-unsaturated/α-hetero) is 1. The number of hydrazone groups is 1. The Hall–Kier alpha value is -1.30. The Labute approximate surface area is 173 Å². The van der Waals surface area contributed by atoms with E-state index in [1.807, 2.05) is 6.92 Å². The Balaban J connectivity index is 1.48. The number of ketones is 1. The molecule has 0 aromatic rings. The second-order valence-electron chi connectivity index (χ2n) is 10.7. The van der Waals surface area contributed by atoms with Crippen LogP contribution >= 0.6 is 0 Å². The van der Waals surface area contributed by atoms with Crippen LogP contribution in [0.5, 0.6) is 0 Å². The Kier molecular flexibility index (Phi) is 5.60. The predicted molar refractivity (Wildman–Crippen MR) is 112 cm³/mol. The standard InChI is InChI=1S/C23H36FN3O2/c1-22(29)7-5-15-14-6-8-23(2)18(16(14)11-20(24)17(15)12-22)3-4-19(23)21(28)13-27-26-10-9-25/h9-10,14-20,25,27,29H,3-8,11-13H2,1-2H3/b25-9?,26-10-/t14-,15?,16?,17+,18+,19-,20?,22-,23+/m1/s1. The third-order valence-corrected chi connectivity index (χ3v) is 9.13. The van der Waals surface area contributed by atoms with Crippen molar-refractivity contribution in [3.63, 3.8) is 0 Å². The van der Waals surface area contributed by atoms with Crippen LogP contribution in [0.25, 0.3) is 0 Å². The van der Waals surface area contributed by atoms with Crippen molar-refractivity contribution < 1.29 is 14.3 Å². The van der Waals surface area contributed by atoms with Gasteiger partial charge in [0.05, 0.1) is 18.4 Å². The molecule has 9 atom stereocenters. The van der Waals surface area contributed by atoms with Crippen LogP contribution < -0.4 is 5.43 Å². The molecule has 29 heavy (non-hydrogen) atoms. The number of hydrogen-bond donors (Lipinski definition) is 3. The van der Waals surface area contributed by atoms with Crippen LogP contribution in [-0.2, 0) is 4.79 Å². The maximum Gasteiger partial charge on any atom is 0.157 e. The van der Waals surface area contributed by atoms with Gasteiger partial charge in [-0.15, -0.1) is 0 Å². The molecule has 3 unspecified atom stereocenters. The van der Waals surface area contributed by atoms with Gasteiger partial charge in [-0.25, -0.2) is 4.39 Å². The summed E-state index contributed by atoms with van der Waals surface area (Å²) in [6, 6.07) is 0. The Morgan fingerprint density at radius 2 is 1.90 bits per heavy atom. The number of halogens is 1. The van der Waals surface area contributed by atoms with E-state index < -0.39 is 11.8 Å². The number of rotatable bonds is 5. The van der Waals surface area contributed by atoms with Crippen molar-refractivity contribution >= 4 is 18.2 Å². The quantitative estimate of drug-likeness (QED) is 0.481. The topological polar surface area (TPSA) is 85.5 Å². The summed E-state index contributed by atoms with van der Waals surface area (Å²) in [6.07, 6.45) is 8.62. The van der Waals surface area contributed by atoms with Crippen LogP contribution in [0, 0.1) is 46.3 Å². The van der Waals surface area contributed by atoms with E-state index in [4.69, 9.17) is 5.41 Å². The van der Waals surface area contributed by atoms with Gasteiger partial charge in [-0.1, -0.05) is 6.92 Å². The molecular weight excluding hydrogens is 369 g/mol. The molecule has 0 radical (unpaired) electrons. The van der Waals surface area contributed by atoms with Gasteiger partial charge >= 0.3 is 0 Å². The van der Waals surface area contributed by atoms with Crippen LogP contribution in [0.3, 0.4) is 0 Å². The molecule has 0 saturated heterocycles. The first-order valence-corrected chi connectivity index (χ1v) is 11.4. The molecule has 0 heterocycles. The van der Waals surface area contributed by atoms with Crippen molar-refractivity contribution in [2.45, 2.75) is 77.0 Å². The van der Waals surface area contributed by atoms with Crippen molar-refractivity contribution in [1.29, 1.82) is 5.41 Å². The molecule has 4 rings (SSSR count). The molecule has 6 heteroatoms. The van der Waals surface area contributed by atoms with Crippen LogP contribution in [-0.4, -0.2) is 41.6 Å². The third kappa shape index (κ3) is 3.66. The third-order valence-electron chi connectivity index (χ3n) is 9.13. The summed E-state index contributed by atoms with van der Waals surface area (Å²) >= 11 is 0. The molecule has 0 bridgehead atoms. The van der Waals surface area contributed by atoms with Crippen LogP contribution in [0.4, 0.5) is 4.39 Å². The van der Waals surface area contributed by atoms with Gasteiger partial charge in [0.1, 0.15) is 6.17 Å². The maximum absolute atomic E-state index is 15.3. The van der Waals surface area contributed by atoms with Crippen LogP contribution in [0.15, 0.2) is 5.10 Å². The minimum Gasteiger partial charge on any atom is -0.390 e. The van der Waals surface area contributed by atoms with Gasteiger partial charge in [0.15, 0.2) is 5.78 Å². The van der Waals surface area contributed by atoms with Crippen LogP contribution in [0.1, 0.15) is 65.2 Å². The van der Waals surface area contributed by atoms with E-state index >= 15 is 4.39 Å². The smallest absolute Gasteiger partial charge is 0.157 e. The van der Waals surface area contributed by atoms with E-state index in [0.29, 0.717) is 36.5 Å². The minimum atomic E-state index is -0.817. The summed E-state index contributed by atoms with van der Waals surface area (Å²) in [6.45, 7) is 4.35. The van der Waals surface area contributed by atoms with Crippen LogP contribution in [0.2, 0.25) is 0 Å². The number of carbonyl (C=O) groups is 1. The average Bonchev–Trinajstić information content (AvgIpc) is 3.02. The predicted octanol–water partition coefficient (Wildman–Crippen LogP) is 3.75. The summed E-state index contributed by atoms with van der Waals surface area (Å²) in [5.41, 5.74) is 2.03. The molecule has 4 saturated carbocycles. The summed E-state index contributed by atoms with van der Waals surface area (Å²) in [4.78, 5) is 12.9. The van der Waals surface area contributed by atoms with Crippen molar-refractivity contribution in [3.8, 4) is 0 Å². The molecule has 0 amide bonds. The lowest BCUT2D eigenvalue weighted by atomic mass is 9.48. The fourth-order valence-electron chi connectivity index (χ4n) is 7.87. The fraction of sp³-hybridized carbons (Fsp3) is 0.870. The normalized spacial score (nSPS) is 49.2. The van der Waals surface area contributed by atoms with Gasteiger partial charge in [0, 0.05) is 12.1 Å². The molecule has 4 aliphatic rings. The molecular formula is C23H36FN3O2. The zero-order valence-electron chi connectivity index (χ0n) is 17.7. The Bertz CT molecular complexity index is 681. The zero-order chi connectivity index (χ0) is 20.8. The summed E-state index contributed by atoms with van der Waals surface area (Å²) in [5, 5.41) is 21.3. The van der Waals surface area contributed by atoms with Crippen molar-refractivity contribution in [2.75, 3.05) is 6.54 Å². The highest BCUT2D eigenvalue weighted by molar-refractivity contribution is 6.14. The molecule has 0 aliphatic heterocycles. The highest BCUT2D eigenvalue weighted by Gasteiger charge is 2.60. The SMILES string of the molecule is C[C@@]1(O)CCC2[C@H](C1)C(F)CC1[C@@H]2CC[C@]2(C)[C@@H](C(=O)CN/N=C\C=N)CC[C@@H]12. The lowest BCUT2D eigenvalue weighted by Crippen LogP contribution is -2.54. The molecule has 0 aromatic heterocycles. The lowest BCUT2D eigenvalue weighted by molar-refractivity contribution is -0.138. The summed E-state index contributed by atoms with van der Waals surface area (Å²) in [5.74, 6) is 2.02. The number of hydrogen-bond acceptors (Lipinski definition) is 5. The van der Waals surface area contributed by atoms with Gasteiger partial charge in [0.25, 0.3) is 0 Å². The number of aliphatic hydroxyl groups is 1. The second-order valence-corrected chi connectivity index (χ2v) is 10.7. The Morgan fingerprint density at radius 1 is 1.17 bits per heavy atom. The molecule has 3 N–H and O–H groups in total. The van der Waals surface area contributed by atoms with Gasteiger partial charge in [-0.05, 0) is 93.3 Å². The van der Waals surface area contributed by atoms with Crippen molar-refractivity contribution in [2.24, 2.45) is 46.0 Å². The average molecular weight is 406 g/mol. The minimum absolute atomic E-state index is 0.0130. The number of nitrogens with zero attached hydrogens (tertiary/aromatic N) is 1. The van der Waals surface area contributed by atoms with E-state index in [1.54, 1.807) is 0 Å². The molecule has 5 nitrogen and oxygen atoms in total. The molecule has 4 fully saturated rings.